The van der Waals surface area contributed by atoms with E-state index in [2.05, 4.69) is 20.9 Å². The average molecular weight is 385 g/mol. The maximum atomic E-state index is 12.1. The molecule has 0 aliphatic carbocycles. The number of ether oxygens (including phenoxy) is 2. The number of likely N-dealkylation sites (tertiary alicyclic amines) is 1. The molecule has 1 aliphatic rings. The van der Waals surface area contributed by atoms with E-state index in [1.54, 1.807) is 18.0 Å². The first-order chi connectivity index (χ1) is 11.1. The lowest BCUT2D eigenvalue weighted by Crippen LogP contribution is -2.42. The number of carbonyl (C=O) groups excluding carboxylic acids is 2. The highest BCUT2D eigenvalue weighted by Crippen LogP contribution is 2.25. The van der Waals surface area contributed by atoms with E-state index >= 15 is 0 Å². The van der Waals surface area contributed by atoms with Gasteiger partial charge in [-0.15, -0.1) is 0 Å². The number of esters is 1. The minimum absolute atomic E-state index is 0.00415. The second-order valence-electron chi connectivity index (χ2n) is 5.29. The summed E-state index contributed by atoms with van der Waals surface area (Å²) in [5.74, 6) is 0.258. The van der Waals surface area contributed by atoms with Crippen LogP contribution in [0.25, 0.3) is 0 Å². The van der Waals surface area contributed by atoms with Crippen molar-refractivity contribution in [3.8, 4) is 5.88 Å². The summed E-state index contributed by atoms with van der Waals surface area (Å²) in [7, 11) is 0. The summed E-state index contributed by atoms with van der Waals surface area (Å²) in [6.07, 6.45) is 3.60. The van der Waals surface area contributed by atoms with Crippen molar-refractivity contribution in [2.24, 2.45) is 0 Å². The van der Waals surface area contributed by atoms with Crippen molar-refractivity contribution in [1.29, 1.82) is 0 Å². The number of hydrogen-bond donors (Lipinski definition) is 0. The van der Waals surface area contributed by atoms with E-state index in [0.29, 0.717) is 25.6 Å². The van der Waals surface area contributed by atoms with Gasteiger partial charge in [0.2, 0.25) is 11.8 Å². The number of halogens is 1. The molecule has 126 valence electrons. The summed E-state index contributed by atoms with van der Waals surface area (Å²) in [6.45, 7) is 3.37. The number of aromatic nitrogens is 1. The van der Waals surface area contributed by atoms with Gasteiger partial charge in [0.05, 0.1) is 17.5 Å². The third-order valence-electron chi connectivity index (χ3n) is 3.65. The van der Waals surface area contributed by atoms with Crippen LogP contribution in [0.3, 0.4) is 0 Å². The van der Waals surface area contributed by atoms with Gasteiger partial charge in [-0.3, -0.25) is 9.59 Å². The number of carbonyl (C=O) groups is 2. The van der Waals surface area contributed by atoms with E-state index in [1.165, 1.54) is 0 Å². The molecule has 0 bridgehead atoms. The fraction of sp³-hybridized carbons (Fsp3) is 0.562. The van der Waals surface area contributed by atoms with Crippen LogP contribution >= 0.6 is 15.9 Å². The predicted molar refractivity (Wildman–Crippen MR) is 88.0 cm³/mol. The van der Waals surface area contributed by atoms with E-state index in [0.717, 1.165) is 17.3 Å². The summed E-state index contributed by atoms with van der Waals surface area (Å²) in [4.78, 5) is 29.4. The summed E-state index contributed by atoms with van der Waals surface area (Å²) >= 11 is 3.41. The molecule has 0 spiro atoms. The number of hydrogen-bond acceptors (Lipinski definition) is 5. The molecule has 0 N–H and O–H groups in total. The third-order valence-corrected chi connectivity index (χ3v) is 4.25. The van der Waals surface area contributed by atoms with E-state index in [9.17, 15) is 9.59 Å². The monoisotopic (exact) mass is 384 g/mol. The van der Waals surface area contributed by atoms with Crippen LogP contribution in [0.1, 0.15) is 32.6 Å². The minimum atomic E-state index is -0.320. The normalized spacial score (nSPS) is 15.3. The van der Waals surface area contributed by atoms with Gasteiger partial charge in [0.15, 0.2) is 0 Å². The Morgan fingerprint density at radius 1 is 1.35 bits per heavy atom. The summed E-state index contributed by atoms with van der Waals surface area (Å²) in [5.41, 5.74) is 0. The molecule has 7 heteroatoms. The molecule has 6 nitrogen and oxygen atoms in total. The number of rotatable bonds is 6. The molecule has 0 saturated carbocycles. The molecular formula is C16H21BrN2O4. The molecule has 1 aromatic heterocycles. The van der Waals surface area contributed by atoms with Crippen LogP contribution in [0.4, 0.5) is 0 Å². The van der Waals surface area contributed by atoms with E-state index in [4.69, 9.17) is 9.47 Å². The van der Waals surface area contributed by atoms with Gasteiger partial charge in [0.1, 0.15) is 6.10 Å². The first kappa shape index (κ1) is 17.7. The van der Waals surface area contributed by atoms with Gasteiger partial charge in [0.25, 0.3) is 0 Å². The quantitative estimate of drug-likeness (QED) is 0.704. The van der Waals surface area contributed by atoms with Crippen LogP contribution in [0.15, 0.2) is 22.8 Å². The van der Waals surface area contributed by atoms with Crippen LogP contribution in [-0.4, -0.2) is 47.6 Å². The molecule has 2 heterocycles. The Labute approximate surface area is 144 Å². The summed E-state index contributed by atoms with van der Waals surface area (Å²) in [5, 5.41) is 0. The van der Waals surface area contributed by atoms with Crippen molar-refractivity contribution in [3.05, 3.63) is 22.8 Å². The summed E-state index contributed by atoms with van der Waals surface area (Å²) < 4.78 is 11.5. The highest BCUT2D eigenvalue weighted by Gasteiger charge is 2.24. The SMILES string of the molecule is CCOC(=O)CCC(=O)N1CCC(Oc2ncccc2Br)CC1. The first-order valence-corrected chi connectivity index (χ1v) is 8.60. The van der Waals surface area contributed by atoms with Crippen molar-refractivity contribution in [3.63, 3.8) is 0 Å². The number of nitrogens with zero attached hydrogens (tertiary/aromatic N) is 2. The molecule has 0 aromatic carbocycles. The van der Waals surface area contributed by atoms with Gasteiger partial charge in [-0.1, -0.05) is 0 Å². The van der Waals surface area contributed by atoms with Crippen LogP contribution in [0, 0.1) is 0 Å². The number of piperidine rings is 1. The van der Waals surface area contributed by atoms with Gasteiger partial charge < -0.3 is 14.4 Å². The van der Waals surface area contributed by atoms with Crippen LogP contribution in [-0.2, 0) is 14.3 Å². The molecule has 1 amide bonds. The Morgan fingerprint density at radius 2 is 2.09 bits per heavy atom. The lowest BCUT2D eigenvalue weighted by Gasteiger charge is -2.32. The van der Waals surface area contributed by atoms with Gasteiger partial charge in [-0.25, -0.2) is 4.98 Å². The second kappa shape index (κ2) is 8.86. The number of pyridine rings is 1. The standard InChI is InChI=1S/C16H21BrN2O4/c1-2-22-15(21)6-5-14(20)19-10-7-12(8-11-19)23-16-13(17)4-3-9-18-16/h3-4,9,12H,2,5-8,10-11H2,1H3. The zero-order valence-corrected chi connectivity index (χ0v) is 14.8. The highest BCUT2D eigenvalue weighted by molar-refractivity contribution is 9.10. The topological polar surface area (TPSA) is 68.7 Å². The largest absolute Gasteiger partial charge is 0.473 e. The lowest BCUT2D eigenvalue weighted by molar-refractivity contribution is -0.146. The van der Waals surface area contributed by atoms with E-state index < -0.39 is 0 Å². The lowest BCUT2D eigenvalue weighted by atomic mass is 10.1. The molecular weight excluding hydrogens is 364 g/mol. The van der Waals surface area contributed by atoms with Gasteiger partial charge in [0, 0.05) is 38.5 Å². The molecule has 1 aliphatic heterocycles. The zero-order valence-electron chi connectivity index (χ0n) is 13.2. The van der Waals surface area contributed by atoms with Gasteiger partial charge >= 0.3 is 5.97 Å². The van der Waals surface area contributed by atoms with Gasteiger partial charge in [-0.2, -0.15) is 0 Å². The van der Waals surface area contributed by atoms with Crippen molar-refractivity contribution in [1.82, 2.24) is 9.88 Å². The minimum Gasteiger partial charge on any atom is -0.473 e. The molecule has 2 rings (SSSR count). The zero-order chi connectivity index (χ0) is 16.7. The van der Waals surface area contributed by atoms with Crippen molar-refractivity contribution in [2.75, 3.05) is 19.7 Å². The molecule has 1 saturated heterocycles. The van der Waals surface area contributed by atoms with Crippen LogP contribution < -0.4 is 4.74 Å². The predicted octanol–water partition coefficient (Wildman–Crippen LogP) is 2.56. The van der Waals surface area contributed by atoms with Crippen molar-refractivity contribution in [2.45, 2.75) is 38.7 Å². The van der Waals surface area contributed by atoms with Crippen molar-refractivity contribution < 1.29 is 19.1 Å². The maximum absolute atomic E-state index is 12.1. The van der Waals surface area contributed by atoms with Crippen molar-refractivity contribution >= 4 is 27.8 Å². The summed E-state index contributed by atoms with van der Waals surface area (Å²) in [6, 6.07) is 3.72. The third kappa shape index (κ3) is 5.49. The Morgan fingerprint density at radius 3 is 2.74 bits per heavy atom. The molecule has 0 radical (unpaired) electrons. The molecule has 1 aromatic rings. The maximum Gasteiger partial charge on any atom is 0.306 e. The molecule has 23 heavy (non-hydrogen) atoms. The highest BCUT2D eigenvalue weighted by atomic mass is 79.9. The van der Waals surface area contributed by atoms with Crippen LogP contribution in [0.5, 0.6) is 5.88 Å². The molecule has 0 unspecified atom stereocenters. The second-order valence-corrected chi connectivity index (χ2v) is 6.15. The Balaban J connectivity index is 1.74. The Bertz CT molecular complexity index is 545. The van der Waals surface area contributed by atoms with Crippen LogP contribution in [0.2, 0.25) is 0 Å². The fourth-order valence-electron chi connectivity index (χ4n) is 2.44. The Kier molecular flexibility index (Phi) is 6.83. The van der Waals surface area contributed by atoms with Gasteiger partial charge in [-0.05, 0) is 35.0 Å². The number of amides is 1. The Hall–Kier alpha value is -1.63. The smallest absolute Gasteiger partial charge is 0.306 e. The molecule has 0 atom stereocenters. The first-order valence-electron chi connectivity index (χ1n) is 7.80. The fourth-order valence-corrected chi connectivity index (χ4v) is 2.79. The average Bonchev–Trinajstić information content (AvgIpc) is 2.56. The van der Waals surface area contributed by atoms with E-state index in [1.807, 2.05) is 12.1 Å². The van der Waals surface area contributed by atoms with E-state index in [-0.39, 0.29) is 30.8 Å². The molecule has 1 fully saturated rings.